The van der Waals surface area contributed by atoms with E-state index in [9.17, 15) is 18.4 Å². The number of piperidine rings is 1. The maximum Gasteiger partial charge on any atom is 0.279 e. The summed E-state index contributed by atoms with van der Waals surface area (Å²) >= 11 is 0. The van der Waals surface area contributed by atoms with Crippen LogP contribution in [0.25, 0.3) is 0 Å². The van der Waals surface area contributed by atoms with Crippen molar-refractivity contribution >= 4 is 23.2 Å². The van der Waals surface area contributed by atoms with E-state index in [0.29, 0.717) is 43.1 Å². The molecule has 0 aromatic heterocycles. The van der Waals surface area contributed by atoms with Crippen LogP contribution in [-0.2, 0) is 9.59 Å². The number of halogens is 2. The molecule has 2 aliphatic heterocycles. The molecule has 2 aromatic rings. The lowest BCUT2D eigenvalue weighted by Gasteiger charge is -2.28. The van der Waals surface area contributed by atoms with E-state index in [2.05, 4.69) is 10.6 Å². The van der Waals surface area contributed by atoms with Crippen molar-refractivity contribution < 1.29 is 32.7 Å². The normalized spacial score (nSPS) is 19.9. The molecule has 4 rings (SSSR count). The van der Waals surface area contributed by atoms with E-state index >= 15 is 0 Å². The lowest BCUT2D eigenvalue weighted by Crippen LogP contribution is -3.14. The number of anilines is 2. The number of rotatable bonds is 5. The number of carbonyl (C=O) groups excluding carboxylic acids is 2. The number of amides is 2. The fourth-order valence-electron chi connectivity index (χ4n) is 3.69. The van der Waals surface area contributed by atoms with E-state index in [-0.39, 0.29) is 36.8 Å². The Balaban J connectivity index is 1.23. The molecule has 0 spiro atoms. The average molecular weight is 418 g/mol. The van der Waals surface area contributed by atoms with Gasteiger partial charge in [0.2, 0.25) is 12.7 Å². The second-order valence-electron chi connectivity index (χ2n) is 7.44. The highest BCUT2D eigenvalue weighted by Gasteiger charge is 2.29. The fourth-order valence-corrected chi connectivity index (χ4v) is 3.69. The molecule has 0 saturated carbocycles. The first-order chi connectivity index (χ1) is 14.5. The van der Waals surface area contributed by atoms with Gasteiger partial charge >= 0.3 is 0 Å². The molecule has 7 nitrogen and oxygen atoms in total. The molecule has 2 aliphatic rings. The van der Waals surface area contributed by atoms with Crippen LogP contribution in [0.1, 0.15) is 12.8 Å². The monoisotopic (exact) mass is 418 g/mol. The Labute approximate surface area is 172 Å². The van der Waals surface area contributed by atoms with Gasteiger partial charge in [0.05, 0.1) is 13.1 Å². The summed E-state index contributed by atoms with van der Waals surface area (Å²) in [7, 11) is 0. The van der Waals surface area contributed by atoms with Gasteiger partial charge in [-0.25, -0.2) is 8.78 Å². The van der Waals surface area contributed by atoms with Gasteiger partial charge in [0.1, 0.15) is 0 Å². The molecule has 3 N–H and O–H groups in total. The predicted octanol–water partition coefficient (Wildman–Crippen LogP) is 1.57. The van der Waals surface area contributed by atoms with Gasteiger partial charge in [-0.05, 0) is 24.3 Å². The number of hydrogen-bond donors (Lipinski definition) is 3. The number of nitrogens with one attached hydrogen (secondary N) is 3. The maximum absolute atomic E-state index is 13.2. The van der Waals surface area contributed by atoms with Crippen molar-refractivity contribution in [2.75, 3.05) is 37.1 Å². The Morgan fingerprint density at radius 2 is 1.63 bits per heavy atom. The largest absolute Gasteiger partial charge is 0.454 e. The average Bonchev–Trinajstić information content (AvgIpc) is 3.19. The maximum atomic E-state index is 13.2. The Kier molecular flexibility index (Phi) is 5.80. The van der Waals surface area contributed by atoms with Gasteiger partial charge < -0.3 is 25.0 Å². The highest BCUT2D eigenvalue weighted by atomic mass is 19.2. The third-order valence-corrected chi connectivity index (χ3v) is 5.32. The molecule has 30 heavy (non-hydrogen) atoms. The summed E-state index contributed by atoms with van der Waals surface area (Å²) in [5.74, 6) is -1.16. The third-order valence-electron chi connectivity index (χ3n) is 5.32. The molecule has 9 heteroatoms. The first kappa shape index (κ1) is 20.1. The van der Waals surface area contributed by atoms with Gasteiger partial charge in [0.15, 0.2) is 29.7 Å². The van der Waals surface area contributed by atoms with Gasteiger partial charge in [0, 0.05) is 42.3 Å². The number of quaternary nitrogens is 1. The number of ether oxygens (including phenoxy) is 2. The van der Waals surface area contributed by atoms with E-state index in [1.165, 1.54) is 6.07 Å². The number of fused-ring (bicyclic) bond motifs is 1. The van der Waals surface area contributed by atoms with E-state index in [0.717, 1.165) is 17.0 Å². The van der Waals surface area contributed by atoms with Crippen LogP contribution >= 0.6 is 0 Å². The molecule has 158 valence electrons. The third kappa shape index (κ3) is 4.68. The minimum Gasteiger partial charge on any atom is -0.454 e. The zero-order valence-corrected chi connectivity index (χ0v) is 16.2. The smallest absolute Gasteiger partial charge is 0.279 e. The molecule has 0 unspecified atom stereocenters. The van der Waals surface area contributed by atoms with Crippen LogP contribution < -0.4 is 25.0 Å². The number of carbonyl (C=O) groups is 2. The lowest BCUT2D eigenvalue weighted by molar-refractivity contribution is -0.897. The van der Waals surface area contributed by atoms with Crippen LogP contribution in [0.4, 0.5) is 20.2 Å². The Morgan fingerprint density at radius 1 is 0.933 bits per heavy atom. The van der Waals surface area contributed by atoms with E-state index in [4.69, 9.17) is 9.47 Å². The van der Waals surface area contributed by atoms with Crippen molar-refractivity contribution in [3.05, 3.63) is 48.0 Å². The molecular formula is C21H22F2N3O4+. The van der Waals surface area contributed by atoms with Gasteiger partial charge in [-0.3, -0.25) is 9.59 Å². The van der Waals surface area contributed by atoms with Crippen molar-refractivity contribution in [3.63, 3.8) is 0 Å². The van der Waals surface area contributed by atoms with Crippen LogP contribution in [0.2, 0.25) is 0 Å². The van der Waals surface area contributed by atoms with Crippen molar-refractivity contribution in [1.82, 2.24) is 0 Å². The fraction of sp³-hybridized carbons (Fsp3) is 0.333. The summed E-state index contributed by atoms with van der Waals surface area (Å²) in [6.45, 7) is 1.72. The topological polar surface area (TPSA) is 81.1 Å². The van der Waals surface area contributed by atoms with Crippen molar-refractivity contribution in [1.29, 1.82) is 0 Å². The minimum absolute atomic E-state index is 0.0563. The second kappa shape index (κ2) is 8.66. The van der Waals surface area contributed by atoms with Crippen LogP contribution in [0.3, 0.4) is 0 Å². The number of benzene rings is 2. The van der Waals surface area contributed by atoms with Crippen LogP contribution in [0, 0.1) is 17.6 Å². The molecule has 0 radical (unpaired) electrons. The van der Waals surface area contributed by atoms with Gasteiger partial charge in [-0.2, -0.15) is 0 Å². The number of likely N-dealkylation sites (tertiary alicyclic amines) is 1. The minimum atomic E-state index is -1.01. The van der Waals surface area contributed by atoms with Gasteiger partial charge in [0.25, 0.3) is 5.91 Å². The van der Waals surface area contributed by atoms with Crippen molar-refractivity contribution in [2.24, 2.45) is 5.92 Å². The second-order valence-corrected chi connectivity index (χ2v) is 7.44. The SMILES string of the molecule is O=C(C[NH+]1CCC(C(=O)Nc2ccc3c(c2)OCO3)CC1)Nc1ccc(F)c(F)c1. The van der Waals surface area contributed by atoms with Crippen LogP contribution in [0.5, 0.6) is 11.5 Å². The summed E-state index contributed by atoms with van der Waals surface area (Å²) in [6, 6.07) is 8.52. The lowest BCUT2D eigenvalue weighted by atomic mass is 9.95. The first-order valence-corrected chi connectivity index (χ1v) is 9.77. The first-order valence-electron chi connectivity index (χ1n) is 9.77. The van der Waals surface area contributed by atoms with Crippen LogP contribution in [-0.4, -0.2) is 38.2 Å². The highest BCUT2D eigenvalue weighted by molar-refractivity contribution is 5.93. The van der Waals surface area contributed by atoms with Crippen LogP contribution in [0.15, 0.2) is 36.4 Å². The molecule has 1 saturated heterocycles. The quantitative estimate of drug-likeness (QED) is 0.689. The van der Waals surface area contributed by atoms with Gasteiger partial charge in [-0.1, -0.05) is 0 Å². The van der Waals surface area contributed by atoms with E-state index in [1.807, 2.05) is 0 Å². The Morgan fingerprint density at radius 3 is 2.40 bits per heavy atom. The molecular weight excluding hydrogens is 396 g/mol. The molecule has 0 aliphatic carbocycles. The molecule has 0 atom stereocenters. The summed E-state index contributed by atoms with van der Waals surface area (Å²) in [6.07, 6.45) is 1.31. The summed E-state index contributed by atoms with van der Waals surface area (Å²) in [5.41, 5.74) is 0.876. The standard InChI is InChI=1S/C21H21F2N3O4/c22-16-3-1-14(9-17(16)23)24-20(27)11-26-7-5-13(6-8-26)21(28)25-15-2-4-18-19(10-15)30-12-29-18/h1-4,9-10,13H,5-8,11-12H2,(H,24,27)(H,25,28)/p+1. The summed E-state index contributed by atoms with van der Waals surface area (Å²) in [5, 5.41) is 5.49. The summed E-state index contributed by atoms with van der Waals surface area (Å²) in [4.78, 5) is 25.8. The molecule has 2 aromatic carbocycles. The molecule has 1 fully saturated rings. The Hall–Kier alpha value is -3.20. The highest BCUT2D eigenvalue weighted by Crippen LogP contribution is 2.34. The van der Waals surface area contributed by atoms with Crippen molar-refractivity contribution in [3.8, 4) is 11.5 Å². The summed E-state index contributed by atoms with van der Waals surface area (Å²) < 4.78 is 36.8. The van der Waals surface area contributed by atoms with E-state index in [1.54, 1.807) is 18.2 Å². The zero-order valence-electron chi connectivity index (χ0n) is 16.2. The molecule has 2 amide bonds. The number of hydrogen-bond acceptors (Lipinski definition) is 4. The Bertz CT molecular complexity index is 961. The molecule has 0 bridgehead atoms. The van der Waals surface area contributed by atoms with Crippen molar-refractivity contribution in [2.45, 2.75) is 12.8 Å². The van der Waals surface area contributed by atoms with Gasteiger partial charge in [-0.15, -0.1) is 0 Å². The zero-order chi connectivity index (χ0) is 21.1. The van der Waals surface area contributed by atoms with E-state index < -0.39 is 11.6 Å². The predicted molar refractivity (Wildman–Crippen MR) is 104 cm³/mol. The molecule has 2 heterocycles.